The van der Waals surface area contributed by atoms with Gasteiger partial charge in [0.25, 0.3) is 5.69 Å². The Balaban J connectivity index is 2.00. The van der Waals surface area contributed by atoms with Crippen molar-refractivity contribution in [3.8, 4) is 28.1 Å². The van der Waals surface area contributed by atoms with Gasteiger partial charge in [-0.3, -0.25) is 10.1 Å². The van der Waals surface area contributed by atoms with Crippen LogP contribution >= 0.6 is 0 Å². The first-order valence-corrected chi connectivity index (χ1v) is 8.45. The zero-order chi connectivity index (χ0) is 18.8. The van der Waals surface area contributed by atoms with Crippen LogP contribution in [0.25, 0.3) is 33.3 Å². The van der Waals surface area contributed by atoms with E-state index >= 15 is 0 Å². The second kappa shape index (κ2) is 6.88. The molecule has 0 aliphatic heterocycles. The number of hydrogen-bond donors (Lipinski definition) is 0. The second-order valence-corrected chi connectivity index (χ2v) is 6.11. The van der Waals surface area contributed by atoms with Crippen molar-refractivity contribution in [3.63, 3.8) is 0 Å². The molecule has 1 aromatic heterocycles. The molecule has 4 aromatic rings. The molecular weight excluding hydrogens is 340 g/mol. The lowest BCUT2D eigenvalue weighted by molar-refractivity contribution is -0.384. The van der Waals surface area contributed by atoms with E-state index < -0.39 is 0 Å². The summed E-state index contributed by atoms with van der Waals surface area (Å²) in [5.41, 5.74) is 4.35. The molecule has 3 aromatic carbocycles. The van der Waals surface area contributed by atoms with Crippen LogP contribution in [0.1, 0.15) is 0 Å². The van der Waals surface area contributed by atoms with Crippen LogP contribution in [-0.4, -0.2) is 17.0 Å². The van der Waals surface area contributed by atoms with Crippen molar-refractivity contribution >= 4 is 16.6 Å². The summed E-state index contributed by atoms with van der Waals surface area (Å²) in [6, 6.07) is 24.2. The Bertz CT molecular complexity index is 1140. The Morgan fingerprint density at radius 3 is 2.41 bits per heavy atom. The topological polar surface area (TPSA) is 65.3 Å². The molecule has 0 amide bonds. The Labute approximate surface area is 156 Å². The van der Waals surface area contributed by atoms with Crippen LogP contribution in [0.3, 0.4) is 0 Å². The highest BCUT2D eigenvalue weighted by Gasteiger charge is 2.14. The van der Waals surface area contributed by atoms with Gasteiger partial charge in [0, 0.05) is 23.1 Å². The molecule has 0 N–H and O–H groups in total. The number of pyridine rings is 1. The summed E-state index contributed by atoms with van der Waals surface area (Å²) in [5.74, 6) is 0.749. The number of aromatic nitrogens is 1. The number of hydrogen-bond acceptors (Lipinski definition) is 4. The maximum absolute atomic E-state index is 11.2. The molecule has 0 bridgehead atoms. The molecule has 0 spiro atoms. The molecule has 0 atom stereocenters. The minimum Gasteiger partial charge on any atom is -0.497 e. The fourth-order valence-electron chi connectivity index (χ4n) is 3.11. The van der Waals surface area contributed by atoms with Crippen LogP contribution in [0.2, 0.25) is 0 Å². The molecule has 0 unspecified atom stereocenters. The number of nitro benzene ring substituents is 1. The largest absolute Gasteiger partial charge is 0.497 e. The average Bonchev–Trinajstić information content (AvgIpc) is 2.73. The van der Waals surface area contributed by atoms with Crippen molar-refractivity contribution in [1.29, 1.82) is 0 Å². The van der Waals surface area contributed by atoms with Gasteiger partial charge in [-0.15, -0.1) is 0 Å². The normalized spacial score (nSPS) is 10.7. The van der Waals surface area contributed by atoms with Gasteiger partial charge in [0.1, 0.15) is 5.75 Å². The predicted octanol–water partition coefficient (Wildman–Crippen LogP) is 5.49. The lowest BCUT2D eigenvalue weighted by atomic mass is 9.98. The van der Waals surface area contributed by atoms with Crippen molar-refractivity contribution in [1.82, 2.24) is 4.98 Å². The highest BCUT2D eigenvalue weighted by molar-refractivity contribution is 5.97. The summed E-state index contributed by atoms with van der Waals surface area (Å²) < 4.78 is 5.32. The molecule has 5 heteroatoms. The second-order valence-electron chi connectivity index (χ2n) is 6.11. The Kier molecular flexibility index (Phi) is 4.26. The number of non-ortho nitro benzene ring substituents is 1. The third kappa shape index (κ3) is 3.22. The van der Waals surface area contributed by atoms with Gasteiger partial charge in [-0.25, -0.2) is 4.98 Å². The Morgan fingerprint density at radius 1 is 0.889 bits per heavy atom. The summed E-state index contributed by atoms with van der Waals surface area (Å²) in [5, 5.41) is 12.0. The number of nitro groups is 1. The number of ether oxygens (including phenoxy) is 1. The molecule has 0 radical (unpaired) electrons. The van der Waals surface area contributed by atoms with Crippen LogP contribution in [-0.2, 0) is 0 Å². The minimum atomic E-state index is -0.385. The van der Waals surface area contributed by atoms with Crippen LogP contribution in [0.4, 0.5) is 5.69 Å². The third-order valence-electron chi connectivity index (χ3n) is 4.45. The molecule has 132 valence electrons. The molecule has 4 rings (SSSR count). The van der Waals surface area contributed by atoms with Gasteiger partial charge in [0.15, 0.2) is 0 Å². The van der Waals surface area contributed by atoms with Crippen LogP contribution < -0.4 is 4.74 Å². The zero-order valence-corrected chi connectivity index (χ0v) is 14.6. The smallest absolute Gasteiger partial charge is 0.270 e. The van der Waals surface area contributed by atoms with Crippen molar-refractivity contribution in [2.24, 2.45) is 0 Å². The third-order valence-corrected chi connectivity index (χ3v) is 4.45. The summed E-state index contributed by atoms with van der Waals surface area (Å²) >= 11 is 0. The van der Waals surface area contributed by atoms with Gasteiger partial charge < -0.3 is 4.74 Å². The van der Waals surface area contributed by atoms with Crippen molar-refractivity contribution in [2.75, 3.05) is 7.11 Å². The number of fused-ring (bicyclic) bond motifs is 1. The monoisotopic (exact) mass is 356 g/mol. The van der Waals surface area contributed by atoms with E-state index in [1.54, 1.807) is 19.2 Å². The van der Waals surface area contributed by atoms with Gasteiger partial charge >= 0.3 is 0 Å². The van der Waals surface area contributed by atoms with Gasteiger partial charge in [-0.1, -0.05) is 42.5 Å². The Morgan fingerprint density at radius 2 is 1.67 bits per heavy atom. The molecule has 0 saturated carbocycles. The fourth-order valence-corrected chi connectivity index (χ4v) is 3.11. The SMILES string of the molecule is COc1cccc(-c2cc(-c3ccccc3)c3cc([N+](=O)[O-])ccc3n2)c1. The molecule has 0 saturated heterocycles. The Hall–Kier alpha value is -3.73. The molecule has 0 aliphatic rings. The van der Waals surface area contributed by atoms with Gasteiger partial charge in [-0.05, 0) is 35.4 Å². The summed E-state index contributed by atoms with van der Waals surface area (Å²) in [6.45, 7) is 0. The van der Waals surface area contributed by atoms with Crippen molar-refractivity contribution < 1.29 is 9.66 Å². The van der Waals surface area contributed by atoms with Crippen LogP contribution in [0.15, 0.2) is 78.9 Å². The fraction of sp³-hybridized carbons (Fsp3) is 0.0455. The van der Waals surface area contributed by atoms with E-state index in [0.717, 1.165) is 33.5 Å². The molecule has 0 aliphatic carbocycles. The van der Waals surface area contributed by atoms with Gasteiger partial charge in [0.05, 0.1) is 23.2 Å². The first-order chi connectivity index (χ1) is 13.2. The van der Waals surface area contributed by atoms with Crippen molar-refractivity contribution in [2.45, 2.75) is 0 Å². The maximum Gasteiger partial charge on any atom is 0.270 e. The van der Waals surface area contributed by atoms with Crippen LogP contribution in [0.5, 0.6) is 5.75 Å². The number of benzene rings is 3. The van der Waals surface area contributed by atoms with E-state index in [2.05, 4.69) is 0 Å². The quantitative estimate of drug-likeness (QED) is 0.358. The van der Waals surface area contributed by atoms with Crippen LogP contribution in [0, 0.1) is 10.1 Å². The maximum atomic E-state index is 11.2. The molecule has 0 fully saturated rings. The van der Waals surface area contributed by atoms with Crippen molar-refractivity contribution in [3.05, 3.63) is 89.0 Å². The van der Waals surface area contributed by atoms with E-state index in [1.807, 2.05) is 60.7 Å². The van der Waals surface area contributed by atoms with Gasteiger partial charge in [-0.2, -0.15) is 0 Å². The first-order valence-electron chi connectivity index (χ1n) is 8.45. The zero-order valence-electron chi connectivity index (χ0n) is 14.6. The van der Waals surface area contributed by atoms with E-state index in [0.29, 0.717) is 5.52 Å². The standard InChI is InChI=1S/C22H16N2O3/c1-27-18-9-5-8-16(12-18)22-14-19(15-6-3-2-4-7-15)20-13-17(24(25)26)10-11-21(20)23-22/h2-14H,1H3. The number of methoxy groups -OCH3 is 1. The number of nitrogens with zero attached hydrogens (tertiary/aromatic N) is 2. The highest BCUT2D eigenvalue weighted by Crippen LogP contribution is 2.34. The lowest BCUT2D eigenvalue weighted by Crippen LogP contribution is -1.93. The summed E-state index contributed by atoms with van der Waals surface area (Å²) in [6.07, 6.45) is 0. The van der Waals surface area contributed by atoms with E-state index in [1.165, 1.54) is 6.07 Å². The summed E-state index contributed by atoms with van der Waals surface area (Å²) in [7, 11) is 1.63. The molecule has 27 heavy (non-hydrogen) atoms. The first kappa shape index (κ1) is 16.7. The molecule has 5 nitrogen and oxygen atoms in total. The lowest BCUT2D eigenvalue weighted by Gasteiger charge is -2.11. The summed E-state index contributed by atoms with van der Waals surface area (Å²) in [4.78, 5) is 15.6. The van der Waals surface area contributed by atoms with Gasteiger partial charge in [0.2, 0.25) is 0 Å². The molecular formula is C22H16N2O3. The van der Waals surface area contributed by atoms with E-state index in [4.69, 9.17) is 9.72 Å². The number of rotatable bonds is 4. The highest BCUT2D eigenvalue weighted by atomic mass is 16.6. The molecule has 1 heterocycles. The van der Waals surface area contributed by atoms with E-state index in [-0.39, 0.29) is 10.6 Å². The predicted molar refractivity (Wildman–Crippen MR) is 106 cm³/mol. The van der Waals surface area contributed by atoms with E-state index in [9.17, 15) is 10.1 Å². The average molecular weight is 356 g/mol. The minimum absolute atomic E-state index is 0.0515.